The predicted octanol–water partition coefficient (Wildman–Crippen LogP) is 5.07. The summed E-state index contributed by atoms with van der Waals surface area (Å²) in [6, 6.07) is 17.1. The van der Waals surface area contributed by atoms with E-state index >= 15 is 0 Å². The second kappa shape index (κ2) is 10.7. The Kier molecular flexibility index (Phi) is 7.69. The molecule has 4 rings (SSSR count). The fraction of sp³-hybridized carbons (Fsp3) is 0.429. The van der Waals surface area contributed by atoms with Gasteiger partial charge in [-0.1, -0.05) is 49.4 Å². The lowest BCUT2D eigenvalue weighted by Gasteiger charge is -2.33. The highest BCUT2D eigenvalue weighted by Gasteiger charge is 2.27. The first-order valence-corrected chi connectivity index (χ1v) is 12.7. The van der Waals surface area contributed by atoms with Gasteiger partial charge in [-0.15, -0.1) is 0 Å². The van der Waals surface area contributed by atoms with E-state index in [9.17, 15) is 4.79 Å². The van der Waals surface area contributed by atoms with Crippen molar-refractivity contribution in [2.45, 2.75) is 59.2 Å². The fourth-order valence-corrected chi connectivity index (χ4v) is 5.30. The number of thiocarbonyl (C=S) groups is 1. The number of aromatic nitrogens is 1. The number of fused-ring (bicyclic) bond motifs is 1. The molecule has 5 nitrogen and oxygen atoms in total. The summed E-state index contributed by atoms with van der Waals surface area (Å²) in [5, 5.41) is 5.28. The molecule has 1 saturated heterocycles. The topological polar surface area (TPSA) is 51.4 Å². The van der Waals surface area contributed by atoms with Crippen LogP contribution in [0.5, 0.6) is 0 Å². The molecule has 34 heavy (non-hydrogen) atoms. The summed E-state index contributed by atoms with van der Waals surface area (Å²) in [5.41, 5.74) is 5.12. The van der Waals surface area contributed by atoms with Gasteiger partial charge >= 0.3 is 0 Å². The van der Waals surface area contributed by atoms with Gasteiger partial charge in [0.2, 0.25) is 0 Å². The Balaban J connectivity index is 1.61. The van der Waals surface area contributed by atoms with Gasteiger partial charge in [0, 0.05) is 18.2 Å². The summed E-state index contributed by atoms with van der Waals surface area (Å²) in [6.07, 6.45) is 2.37. The number of hydrogen-bond acceptors (Lipinski definition) is 3. The molecule has 0 bridgehead atoms. The van der Waals surface area contributed by atoms with Crippen molar-refractivity contribution in [1.29, 1.82) is 0 Å². The molecule has 0 unspecified atom stereocenters. The molecule has 180 valence electrons. The minimum atomic E-state index is -0.0381. The molecule has 0 aliphatic carbocycles. The monoisotopic (exact) mass is 476 g/mol. The van der Waals surface area contributed by atoms with Gasteiger partial charge in [0.25, 0.3) is 5.56 Å². The molecule has 0 spiro atoms. The van der Waals surface area contributed by atoms with Crippen LogP contribution in [0, 0.1) is 13.8 Å². The largest absolute Gasteiger partial charge is 0.356 e. The maximum Gasteiger partial charge on any atom is 0.253 e. The number of nitrogens with zero attached hydrogens (tertiary/aromatic N) is 2. The summed E-state index contributed by atoms with van der Waals surface area (Å²) in [7, 11) is 0. The molecule has 0 radical (unpaired) electrons. The van der Waals surface area contributed by atoms with Crippen LogP contribution < -0.4 is 10.9 Å². The average Bonchev–Trinajstić information content (AvgIpc) is 3.29. The predicted molar refractivity (Wildman–Crippen MR) is 145 cm³/mol. The second-order valence-electron chi connectivity index (χ2n) is 9.48. The lowest BCUT2D eigenvalue weighted by atomic mass is 10.0. The van der Waals surface area contributed by atoms with Gasteiger partial charge in [0.15, 0.2) is 5.11 Å². The molecule has 1 fully saturated rings. The lowest BCUT2D eigenvalue weighted by molar-refractivity contribution is 0.218. The summed E-state index contributed by atoms with van der Waals surface area (Å²) in [5.74, 6) is 0. The first-order valence-electron chi connectivity index (χ1n) is 12.3. The van der Waals surface area contributed by atoms with Crippen LogP contribution in [0.25, 0.3) is 10.9 Å². The van der Waals surface area contributed by atoms with Crippen LogP contribution in [-0.2, 0) is 6.54 Å². The molecule has 2 N–H and O–H groups in total. The molecule has 6 heteroatoms. The standard InChI is InChI=1S/C28H36N4OS/c1-5-31-15-9-12-25(31)18-32(28(34)29-21(4)22-10-7-6-8-11-22)17-24-16-23-14-13-19(2)20(3)26(23)30-27(24)33/h6-8,10-11,13-14,16,21,25H,5,9,12,15,17-18H2,1-4H3,(H,29,34)(H,30,33)/t21-,25+/m0/s1. The van der Waals surface area contributed by atoms with Gasteiger partial charge in [-0.3, -0.25) is 9.69 Å². The van der Waals surface area contributed by atoms with Crippen LogP contribution in [0.2, 0.25) is 0 Å². The van der Waals surface area contributed by atoms with Crippen LogP contribution in [-0.4, -0.2) is 45.6 Å². The summed E-state index contributed by atoms with van der Waals surface area (Å²) >= 11 is 5.92. The summed E-state index contributed by atoms with van der Waals surface area (Å²) in [4.78, 5) is 20.9. The Bertz CT molecular complexity index is 1210. The van der Waals surface area contributed by atoms with E-state index in [0.29, 0.717) is 17.7 Å². The molecule has 3 aromatic rings. The molecule has 1 aromatic heterocycles. The third-order valence-corrected chi connectivity index (χ3v) is 7.63. The Morgan fingerprint density at radius 2 is 2.00 bits per heavy atom. The van der Waals surface area contributed by atoms with Crippen molar-refractivity contribution in [2.75, 3.05) is 19.6 Å². The van der Waals surface area contributed by atoms with E-state index < -0.39 is 0 Å². The molecule has 0 saturated carbocycles. The molecule has 2 aromatic carbocycles. The van der Waals surface area contributed by atoms with Gasteiger partial charge in [0.05, 0.1) is 18.1 Å². The van der Waals surface area contributed by atoms with Crippen LogP contribution in [0.1, 0.15) is 55.0 Å². The lowest BCUT2D eigenvalue weighted by Crippen LogP contribution is -2.47. The number of pyridine rings is 1. The third-order valence-electron chi connectivity index (χ3n) is 7.25. The zero-order valence-electron chi connectivity index (χ0n) is 20.7. The number of benzene rings is 2. The minimum Gasteiger partial charge on any atom is -0.356 e. The van der Waals surface area contributed by atoms with Crippen LogP contribution >= 0.6 is 12.2 Å². The Morgan fingerprint density at radius 3 is 2.74 bits per heavy atom. The number of likely N-dealkylation sites (N-methyl/N-ethyl adjacent to an activating group) is 1. The van der Waals surface area contributed by atoms with E-state index in [1.165, 1.54) is 17.5 Å². The average molecular weight is 477 g/mol. The molecule has 2 atom stereocenters. The highest BCUT2D eigenvalue weighted by molar-refractivity contribution is 7.80. The summed E-state index contributed by atoms with van der Waals surface area (Å²) < 4.78 is 0. The SMILES string of the molecule is CCN1CCC[C@@H]1CN(Cc1cc2ccc(C)c(C)c2[nH]c1=O)C(=S)N[C@@H](C)c1ccccc1. The first kappa shape index (κ1) is 24.4. The highest BCUT2D eigenvalue weighted by Crippen LogP contribution is 2.22. The molecule has 1 aliphatic heterocycles. The van der Waals surface area contributed by atoms with Crippen molar-refractivity contribution in [2.24, 2.45) is 0 Å². The normalized spacial score (nSPS) is 17.1. The summed E-state index contributed by atoms with van der Waals surface area (Å²) in [6.45, 7) is 11.9. The smallest absolute Gasteiger partial charge is 0.253 e. The van der Waals surface area contributed by atoms with Gasteiger partial charge < -0.3 is 15.2 Å². The molecular formula is C28H36N4OS. The zero-order chi connectivity index (χ0) is 24.2. The van der Waals surface area contributed by atoms with E-state index in [-0.39, 0.29) is 11.6 Å². The van der Waals surface area contributed by atoms with Crippen molar-refractivity contribution in [3.63, 3.8) is 0 Å². The number of likely N-dealkylation sites (tertiary alicyclic amines) is 1. The fourth-order valence-electron chi connectivity index (χ4n) is 4.99. The zero-order valence-corrected chi connectivity index (χ0v) is 21.5. The highest BCUT2D eigenvalue weighted by atomic mass is 32.1. The number of aromatic amines is 1. The number of nitrogens with one attached hydrogen (secondary N) is 2. The van der Waals surface area contributed by atoms with Gasteiger partial charge in [-0.2, -0.15) is 0 Å². The Morgan fingerprint density at radius 1 is 1.24 bits per heavy atom. The van der Waals surface area contributed by atoms with E-state index in [1.807, 2.05) is 24.3 Å². The number of H-pyrrole nitrogens is 1. The van der Waals surface area contributed by atoms with Crippen LogP contribution in [0.15, 0.2) is 53.3 Å². The minimum absolute atomic E-state index is 0.0381. The molecule has 1 aliphatic rings. The maximum atomic E-state index is 13.1. The maximum absolute atomic E-state index is 13.1. The Hall–Kier alpha value is -2.70. The van der Waals surface area contributed by atoms with Crippen molar-refractivity contribution in [3.05, 3.63) is 81.1 Å². The van der Waals surface area contributed by atoms with Crippen molar-refractivity contribution < 1.29 is 0 Å². The molecule has 0 amide bonds. The van der Waals surface area contributed by atoms with Crippen LogP contribution in [0.3, 0.4) is 0 Å². The van der Waals surface area contributed by atoms with Crippen LogP contribution in [0.4, 0.5) is 0 Å². The molecular weight excluding hydrogens is 440 g/mol. The second-order valence-corrected chi connectivity index (χ2v) is 9.87. The number of rotatable bonds is 7. The molecule has 2 heterocycles. The van der Waals surface area contributed by atoms with E-state index in [2.05, 4.69) is 72.1 Å². The van der Waals surface area contributed by atoms with Gasteiger partial charge in [-0.25, -0.2) is 0 Å². The van der Waals surface area contributed by atoms with E-state index in [1.54, 1.807) is 0 Å². The first-order chi connectivity index (χ1) is 16.4. The van der Waals surface area contributed by atoms with Crippen molar-refractivity contribution in [1.82, 2.24) is 20.1 Å². The van der Waals surface area contributed by atoms with Gasteiger partial charge in [-0.05, 0) is 87.1 Å². The van der Waals surface area contributed by atoms with Gasteiger partial charge in [0.1, 0.15) is 0 Å². The Labute approximate surface area is 208 Å². The number of hydrogen-bond donors (Lipinski definition) is 2. The quantitative estimate of drug-likeness (QED) is 0.467. The van der Waals surface area contributed by atoms with Crippen molar-refractivity contribution >= 4 is 28.2 Å². The van der Waals surface area contributed by atoms with E-state index in [0.717, 1.165) is 48.1 Å². The number of aryl methyl sites for hydroxylation is 2. The van der Waals surface area contributed by atoms with E-state index in [4.69, 9.17) is 12.2 Å². The van der Waals surface area contributed by atoms with Crippen molar-refractivity contribution in [3.8, 4) is 0 Å². The third kappa shape index (κ3) is 5.34.